The maximum atomic E-state index is 10.9. The van der Waals surface area contributed by atoms with Crippen molar-refractivity contribution >= 4 is 33.0 Å². The Morgan fingerprint density at radius 3 is 2.67 bits per heavy atom. The second kappa shape index (κ2) is 6.82. The first-order valence-electron chi connectivity index (χ1n) is 5.55. The van der Waals surface area contributed by atoms with Crippen molar-refractivity contribution < 1.29 is 8.42 Å². The zero-order chi connectivity index (χ0) is 13.6. The molecule has 0 radical (unpaired) electrons. The van der Waals surface area contributed by atoms with Gasteiger partial charge in [0.15, 0.2) is 0 Å². The molecule has 0 aliphatic heterocycles. The van der Waals surface area contributed by atoms with E-state index in [4.69, 9.17) is 17.3 Å². The van der Waals surface area contributed by atoms with Crippen LogP contribution in [-0.2, 0) is 16.4 Å². The zero-order valence-corrected chi connectivity index (χ0v) is 11.8. The van der Waals surface area contributed by atoms with Crippen LogP contribution in [0.1, 0.15) is 5.56 Å². The number of anilines is 2. The molecule has 0 aliphatic rings. The van der Waals surface area contributed by atoms with Crippen LogP contribution in [0.5, 0.6) is 0 Å². The molecular formula is C11H18ClN3O2S. The van der Waals surface area contributed by atoms with Crippen LogP contribution >= 0.6 is 11.6 Å². The molecule has 0 bridgehead atoms. The van der Waals surface area contributed by atoms with Crippen molar-refractivity contribution in [3.63, 3.8) is 0 Å². The van der Waals surface area contributed by atoms with Crippen molar-refractivity contribution in [2.45, 2.75) is 6.42 Å². The van der Waals surface area contributed by atoms with E-state index in [1.54, 1.807) is 0 Å². The minimum atomic E-state index is -3.13. The zero-order valence-electron chi connectivity index (χ0n) is 10.2. The molecule has 0 aliphatic carbocycles. The van der Waals surface area contributed by atoms with Gasteiger partial charge in [-0.3, -0.25) is 0 Å². The highest BCUT2D eigenvalue weighted by molar-refractivity contribution is 7.88. The number of benzene rings is 1. The van der Waals surface area contributed by atoms with Gasteiger partial charge in [-0.05, 0) is 30.2 Å². The molecule has 0 amide bonds. The third kappa shape index (κ3) is 5.57. The van der Waals surface area contributed by atoms with Gasteiger partial charge in [-0.25, -0.2) is 13.1 Å². The quantitative estimate of drug-likeness (QED) is 0.398. The molecule has 0 fully saturated rings. The number of rotatable bonds is 7. The van der Waals surface area contributed by atoms with Crippen molar-refractivity contribution in [1.29, 1.82) is 0 Å². The minimum Gasteiger partial charge on any atom is -0.399 e. The van der Waals surface area contributed by atoms with E-state index in [0.29, 0.717) is 25.4 Å². The van der Waals surface area contributed by atoms with Crippen LogP contribution in [0, 0.1) is 0 Å². The predicted octanol–water partition coefficient (Wildman–Crippen LogP) is 1.01. The molecule has 1 aromatic carbocycles. The largest absolute Gasteiger partial charge is 0.399 e. The Bertz CT molecular complexity index is 491. The van der Waals surface area contributed by atoms with Crippen molar-refractivity contribution in [1.82, 2.24) is 4.72 Å². The summed E-state index contributed by atoms with van der Waals surface area (Å²) in [4.78, 5) is 0. The highest BCUT2D eigenvalue weighted by Crippen LogP contribution is 2.18. The van der Waals surface area contributed by atoms with E-state index >= 15 is 0 Å². The fourth-order valence-corrected chi connectivity index (χ4v) is 2.15. The monoisotopic (exact) mass is 291 g/mol. The van der Waals surface area contributed by atoms with E-state index in [0.717, 1.165) is 23.2 Å². The number of aryl methyl sites for hydroxylation is 1. The number of nitrogen functional groups attached to an aromatic ring is 1. The molecule has 7 heteroatoms. The number of sulfonamides is 1. The van der Waals surface area contributed by atoms with Gasteiger partial charge < -0.3 is 11.1 Å². The highest BCUT2D eigenvalue weighted by Gasteiger charge is 2.02. The van der Waals surface area contributed by atoms with Gasteiger partial charge >= 0.3 is 0 Å². The SMILES string of the molecule is CS(=O)(=O)NCCNc1ccc(N)c(CCCl)c1. The predicted molar refractivity (Wildman–Crippen MR) is 76.6 cm³/mol. The molecule has 1 rings (SSSR count). The molecule has 4 N–H and O–H groups in total. The molecule has 0 saturated heterocycles. The Morgan fingerprint density at radius 2 is 2.06 bits per heavy atom. The van der Waals surface area contributed by atoms with E-state index in [2.05, 4.69) is 10.0 Å². The molecule has 0 saturated carbocycles. The lowest BCUT2D eigenvalue weighted by atomic mass is 10.1. The van der Waals surface area contributed by atoms with Crippen molar-refractivity contribution in [3.8, 4) is 0 Å². The van der Waals surface area contributed by atoms with Gasteiger partial charge in [0.1, 0.15) is 0 Å². The summed E-state index contributed by atoms with van der Waals surface area (Å²) >= 11 is 5.68. The number of halogens is 1. The summed E-state index contributed by atoms with van der Waals surface area (Å²) in [6.45, 7) is 0.853. The van der Waals surface area contributed by atoms with Crippen LogP contribution in [0.2, 0.25) is 0 Å². The molecule has 0 heterocycles. The third-order valence-electron chi connectivity index (χ3n) is 2.33. The highest BCUT2D eigenvalue weighted by atomic mass is 35.5. The van der Waals surface area contributed by atoms with Gasteiger partial charge in [0.25, 0.3) is 0 Å². The first-order valence-corrected chi connectivity index (χ1v) is 7.98. The smallest absolute Gasteiger partial charge is 0.208 e. The van der Waals surface area contributed by atoms with Crippen LogP contribution < -0.4 is 15.8 Å². The lowest BCUT2D eigenvalue weighted by Crippen LogP contribution is -2.27. The summed E-state index contributed by atoms with van der Waals surface area (Å²) < 4.78 is 24.1. The fraction of sp³-hybridized carbons (Fsp3) is 0.455. The number of nitrogens with two attached hydrogens (primary N) is 1. The van der Waals surface area contributed by atoms with E-state index < -0.39 is 10.0 Å². The van der Waals surface area contributed by atoms with Crippen molar-refractivity contribution in [2.75, 3.05) is 36.3 Å². The van der Waals surface area contributed by atoms with Gasteiger partial charge in [-0.1, -0.05) is 0 Å². The van der Waals surface area contributed by atoms with E-state index in [9.17, 15) is 8.42 Å². The second-order valence-electron chi connectivity index (χ2n) is 3.95. The average molecular weight is 292 g/mol. The normalized spacial score (nSPS) is 11.4. The molecule has 0 unspecified atom stereocenters. The Labute approximate surface area is 113 Å². The summed E-state index contributed by atoms with van der Waals surface area (Å²) in [5, 5.41) is 3.12. The van der Waals surface area contributed by atoms with E-state index in [1.807, 2.05) is 18.2 Å². The number of alkyl halides is 1. The summed E-state index contributed by atoms with van der Waals surface area (Å²) in [6.07, 6.45) is 1.85. The average Bonchev–Trinajstić information content (AvgIpc) is 2.28. The van der Waals surface area contributed by atoms with E-state index in [-0.39, 0.29) is 0 Å². The molecule has 0 aromatic heterocycles. The maximum Gasteiger partial charge on any atom is 0.208 e. The number of nitrogens with one attached hydrogen (secondary N) is 2. The molecular weight excluding hydrogens is 274 g/mol. The number of hydrogen-bond donors (Lipinski definition) is 3. The molecule has 1 aromatic rings. The van der Waals surface area contributed by atoms with Crippen molar-refractivity contribution in [2.24, 2.45) is 0 Å². The maximum absolute atomic E-state index is 10.9. The molecule has 18 heavy (non-hydrogen) atoms. The van der Waals surface area contributed by atoms with Crippen LogP contribution in [-0.4, -0.2) is 33.6 Å². The molecule has 5 nitrogen and oxygen atoms in total. The van der Waals surface area contributed by atoms with Crippen LogP contribution in [0.25, 0.3) is 0 Å². The lowest BCUT2D eigenvalue weighted by molar-refractivity contribution is 0.589. The topological polar surface area (TPSA) is 84.2 Å². The van der Waals surface area contributed by atoms with Crippen molar-refractivity contribution in [3.05, 3.63) is 23.8 Å². The summed E-state index contributed by atoms with van der Waals surface area (Å²) in [5.74, 6) is 0.517. The summed E-state index contributed by atoms with van der Waals surface area (Å²) in [5.41, 5.74) is 8.42. The van der Waals surface area contributed by atoms with Crippen LogP contribution in [0.4, 0.5) is 11.4 Å². The lowest BCUT2D eigenvalue weighted by Gasteiger charge is -2.10. The van der Waals surface area contributed by atoms with Gasteiger partial charge in [-0.2, -0.15) is 0 Å². The van der Waals surface area contributed by atoms with Crippen LogP contribution in [0.15, 0.2) is 18.2 Å². The third-order valence-corrected chi connectivity index (χ3v) is 3.24. The second-order valence-corrected chi connectivity index (χ2v) is 6.16. The first-order chi connectivity index (χ1) is 8.42. The summed E-state index contributed by atoms with van der Waals surface area (Å²) in [7, 11) is -3.13. The fourth-order valence-electron chi connectivity index (χ4n) is 1.48. The minimum absolute atomic E-state index is 0.341. The Hall–Kier alpha value is -0.980. The molecule has 0 spiro atoms. The van der Waals surface area contributed by atoms with Gasteiger partial charge in [0, 0.05) is 30.3 Å². The Balaban J connectivity index is 2.50. The molecule has 102 valence electrons. The Kier molecular flexibility index (Phi) is 5.71. The molecule has 0 atom stereocenters. The van der Waals surface area contributed by atoms with Gasteiger partial charge in [-0.15, -0.1) is 11.6 Å². The standard InChI is InChI=1S/C11H18ClN3O2S/c1-18(16,17)15-7-6-14-10-2-3-11(13)9(8-10)4-5-12/h2-3,8,14-15H,4-7,13H2,1H3. The summed E-state index contributed by atoms with van der Waals surface area (Å²) in [6, 6.07) is 5.60. The first kappa shape index (κ1) is 15.1. The number of hydrogen-bond acceptors (Lipinski definition) is 4. The van der Waals surface area contributed by atoms with Gasteiger partial charge in [0.05, 0.1) is 6.26 Å². The van der Waals surface area contributed by atoms with Crippen LogP contribution in [0.3, 0.4) is 0 Å². The van der Waals surface area contributed by atoms with E-state index in [1.165, 1.54) is 0 Å². The Morgan fingerprint density at radius 1 is 1.33 bits per heavy atom. The van der Waals surface area contributed by atoms with Gasteiger partial charge in [0.2, 0.25) is 10.0 Å².